The second kappa shape index (κ2) is 16.3. The number of aryl methyl sites for hydroxylation is 2. The number of hydrogen-bond acceptors (Lipinski definition) is 1. The third-order valence-electron chi connectivity index (χ3n) is 7.32. The highest BCUT2D eigenvalue weighted by Gasteiger charge is 2.14. The quantitative estimate of drug-likeness (QED) is 0.140. The number of allylic oxidation sites excluding steroid dienone is 8. The second-order valence-corrected chi connectivity index (χ2v) is 10.8. The summed E-state index contributed by atoms with van der Waals surface area (Å²) in [6, 6.07) is 44.8. The zero-order chi connectivity index (χ0) is 31.1. The van der Waals surface area contributed by atoms with E-state index in [0.717, 1.165) is 22.5 Å². The highest BCUT2D eigenvalue weighted by atomic mass is 15.1. The van der Waals surface area contributed by atoms with Crippen molar-refractivity contribution in [3.63, 3.8) is 0 Å². The molecule has 0 heterocycles. The van der Waals surface area contributed by atoms with Gasteiger partial charge in [0.2, 0.25) is 0 Å². The molecule has 0 saturated heterocycles. The number of nitrogens with zero attached hydrogens (tertiary/aromatic N) is 1. The van der Waals surface area contributed by atoms with E-state index in [-0.39, 0.29) is 0 Å². The Hall–Kier alpha value is -5.66. The Bertz CT molecular complexity index is 1700. The monoisotopic (exact) mass is 581 g/mol. The lowest BCUT2D eigenvalue weighted by Crippen LogP contribution is -2.11. The molecule has 0 bridgehead atoms. The lowest BCUT2D eigenvalue weighted by Gasteiger charge is -2.27. The Kier molecular flexibility index (Phi) is 11.1. The Balaban J connectivity index is 1.29. The number of hydrogen-bond donors (Lipinski definition) is 0. The fourth-order valence-electron chi connectivity index (χ4n) is 5.00. The molecule has 5 rings (SSSR count). The topological polar surface area (TPSA) is 3.24 Å². The van der Waals surface area contributed by atoms with Gasteiger partial charge in [0.05, 0.1) is 0 Å². The summed E-state index contributed by atoms with van der Waals surface area (Å²) < 4.78 is 0. The van der Waals surface area contributed by atoms with Gasteiger partial charge in [-0.1, -0.05) is 176 Å². The summed E-state index contributed by atoms with van der Waals surface area (Å²) in [5.74, 6) is 0. The van der Waals surface area contributed by atoms with E-state index in [0.29, 0.717) is 0 Å². The van der Waals surface area contributed by atoms with Gasteiger partial charge < -0.3 is 4.90 Å². The van der Waals surface area contributed by atoms with E-state index >= 15 is 0 Å². The van der Waals surface area contributed by atoms with Gasteiger partial charge in [-0.05, 0) is 72.0 Å². The van der Waals surface area contributed by atoms with Crippen molar-refractivity contribution in [3.8, 4) is 0 Å². The third kappa shape index (κ3) is 9.41. The Morgan fingerprint density at radius 3 is 1.13 bits per heavy atom. The molecule has 0 spiro atoms. The van der Waals surface area contributed by atoms with E-state index in [1.165, 1.54) is 27.9 Å². The summed E-state index contributed by atoms with van der Waals surface area (Å²) in [7, 11) is 0. The summed E-state index contributed by atoms with van der Waals surface area (Å²) >= 11 is 0. The van der Waals surface area contributed by atoms with Gasteiger partial charge in [-0.3, -0.25) is 0 Å². The molecule has 1 heteroatoms. The summed E-state index contributed by atoms with van der Waals surface area (Å²) in [5.41, 5.74) is 10.6. The standard InChI is InChI=1S/C44H39N/c1-36-25-34-44(37(2)35-36)45(42-30-26-40(27-31-42)23-11-5-3-9-17-38-19-13-7-14-20-38)43-32-28-41(29-33-43)24-12-6-4-10-18-39-21-15-8-16-22-39/h3-35H,1-2H3/b5-3+,6-4+,17-9+,18-10+,23-11+,24-12+. The predicted molar refractivity (Wildman–Crippen MR) is 198 cm³/mol. The molecule has 0 aromatic heterocycles. The third-order valence-corrected chi connectivity index (χ3v) is 7.32. The van der Waals surface area contributed by atoms with Crippen molar-refractivity contribution in [2.45, 2.75) is 13.8 Å². The van der Waals surface area contributed by atoms with Crippen LogP contribution in [0.15, 0.2) is 176 Å². The fourth-order valence-corrected chi connectivity index (χ4v) is 5.00. The van der Waals surface area contributed by atoms with Crippen LogP contribution in [0.5, 0.6) is 0 Å². The van der Waals surface area contributed by atoms with Gasteiger partial charge in [0, 0.05) is 17.1 Å². The van der Waals surface area contributed by atoms with Crippen LogP contribution in [0.25, 0.3) is 24.3 Å². The molecule has 220 valence electrons. The van der Waals surface area contributed by atoms with Gasteiger partial charge in [-0.15, -0.1) is 0 Å². The first kappa shape index (κ1) is 30.8. The molecule has 0 radical (unpaired) electrons. The maximum absolute atomic E-state index is 2.33. The zero-order valence-corrected chi connectivity index (χ0v) is 26.0. The van der Waals surface area contributed by atoms with Crippen LogP contribution >= 0.6 is 0 Å². The minimum Gasteiger partial charge on any atom is -0.310 e. The summed E-state index contributed by atoms with van der Waals surface area (Å²) in [4.78, 5) is 2.33. The van der Waals surface area contributed by atoms with E-state index in [1.54, 1.807) is 0 Å². The lowest BCUT2D eigenvalue weighted by atomic mass is 10.1. The molecular weight excluding hydrogens is 542 g/mol. The molecule has 0 atom stereocenters. The van der Waals surface area contributed by atoms with Gasteiger partial charge >= 0.3 is 0 Å². The largest absolute Gasteiger partial charge is 0.310 e. The molecule has 5 aromatic carbocycles. The first-order chi connectivity index (χ1) is 22.2. The Morgan fingerprint density at radius 1 is 0.378 bits per heavy atom. The normalized spacial score (nSPS) is 12.1. The van der Waals surface area contributed by atoms with E-state index in [9.17, 15) is 0 Å². The maximum atomic E-state index is 2.33. The van der Waals surface area contributed by atoms with E-state index < -0.39 is 0 Å². The number of benzene rings is 5. The van der Waals surface area contributed by atoms with Crippen LogP contribution in [0.4, 0.5) is 17.1 Å². The van der Waals surface area contributed by atoms with E-state index in [4.69, 9.17) is 0 Å². The zero-order valence-electron chi connectivity index (χ0n) is 26.0. The molecule has 45 heavy (non-hydrogen) atoms. The molecule has 0 unspecified atom stereocenters. The van der Waals surface area contributed by atoms with Crippen molar-refractivity contribution in [2.24, 2.45) is 0 Å². The molecule has 0 aliphatic heterocycles. The van der Waals surface area contributed by atoms with Crippen molar-refractivity contribution in [3.05, 3.63) is 209 Å². The Labute approximate surface area is 268 Å². The van der Waals surface area contributed by atoms with Crippen LogP contribution < -0.4 is 4.90 Å². The van der Waals surface area contributed by atoms with Gasteiger partial charge in [-0.2, -0.15) is 0 Å². The van der Waals surface area contributed by atoms with E-state index in [1.807, 2.05) is 36.4 Å². The molecular formula is C44H39N. The van der Waals surface area contributed by atoms with Crippen molar-refractivity contribution in [2.75, 3.05) is 4.90 Å². The van der Waals surface area contributed by atoms with Crippen molar-refractivity contribution < 1.29 is 0 Å². The molecule has 0 aliphatic carbocycles. The minimum absolute atomic E-state index is 1.12. The average Bonchev–Trinajstić information content (AvgIpc) is 3.07. The van der Waals surface area contributed by atoms with Crippen molar-refractivity contribution in [1.82, 2.24) is 0 Å². The summed E-state index contributed by atoms with van der Waals surface area (Å²) in [6.07, 6.45) is 25.0. The first-order valence-electron chi connectivity index (χ1n) is 15.4. The van der Waals surface area contributed by atoms with Gasteiger partial charge in [0.15, 0.2) is 0 Å². The van der Waals surface area contributed by atoms with Gasteiger partial charge in [0.1, 0.15) is 0 Å². The Morgan fingerprint density at radius 2 is 0.756 bits per heavy atom. The number of anilines is 3. The second-order valence-electron chi connectivity index (χ2n) is 10.8. The van der Waals surface area contributed by atoms with Crippen LogP contribution in [0.1, 0.15) is 33.4 Å². The fraction of sp³-hybridized carbons (Fsp3) is 0.0455. The van der Waals surface area contributed by atoms with E-state index in [2.05, 4.69) is 183 Å². The number of rotatable bonds is 11. The summed E-state index contributed by atoms with van der Waals surface area (Å²) in [6.45, 7) is 4.32. The molecule has 0 aliphatic rings. The van der Waals surface area contributed by atoms with Crippen molar-refractivity contribution >= 4 is 41.4 Å². The molecule has 0 amide bonds. The van der Waals surface area contributed by atoms with Gasteiger partial charge in [-0.25, -0.2) is 0 Å². The predicted octanol–water partition coefficient (Wildman–Crippen LogP) is 12.3. The molecule has 1 nitrogen and oxygen atoms in total. The minimum atomic E-state index is 1.12. The van der Waals surface area contributed by atoms with Crippen LogP contribution in [0.3, 0.4) is 0 Å². The maximum Gasteiger partial charge on any atom is 0.0490 e. The van der Waals surface area contributed by atoms with Crippen molar-refractivity contribution in [1.29, 1.82) is 0 Å². The average molecular weight is 582 g/mol. The molecule has 5 aromatic rings. The highest BCUT2D eigenvalue weighted by molar-refractivity contribution is 5.79. The van der Waals surface area contributed by atoms with Crippen LogP contribution in [0, 0.1) is 13.8 Å². The lowest BCUT2D eigenvalue weighted by molar-refractivity contribution is 1.24. The highest BCUT2D eigenvalue weighted by Crippen LogP contribution is 2.37. The van der Waals surface area contributed by atoms with Gasteiger partial charge in [0.25, 0.3) is 0 Å². The van der Waals surface area contributed by atoms with Crippen LogP contribution in [-0.2, 0) is 0 Å². The molecule has 0 saturated carbocycles. The SMILES string of the molecule is Cc1ccc(N(c2ccc(/C=C/C=C/C=C/c3ccccc3)cc2)c2ccc(/C=C/C=C/C=C/c3ccccc3)cc2)c(C)c1. The van der Waals surface area contributed by atoms with Crippen LogP contribution in [0.2, 0.25) is 0 Å². The molecule has 0 fully saturated rings. The van der Waals surface area contributed by atoms with Crippen LogP contribution in [-0.4, -0.2) is 0 Å². The first-order valence-corrected chi connectivity index (χ1v) is 15.4. The molecule has 0 N–H and O–H groups in total. The smallest absolute Gasteiger partial charge is 0.0490 e. The summed E-state index contributed by atoms with van der Waals surface area (Å²) in [5, 5.41) is 0.